The predicted molar refractivity (Wildman–Crippen MR) is 128 cm³/mol. The Kier molecular flexibility index (Phi) is 7.29. The van der Waals surface area contributed by atoms with E-state index in [4.69, 9.17) is 14.2 Å². The standard InChI is InChI=1S/C26H27NO6S/c1-15-22(26(30)33-11-10-31-2)23(16-6-8-17(9-7-16)25(29)32-3)24-19(27-15)13-18(14-20(24)28)21-5-4-12-34-21/h4-9,12,18,23,27H,10-11,13-14H2,1-3H3/t18-,23+/m1/s1. The van der Waals surface area contributed by atoms with Gasteiger partial charge in [0, 0.05) is 47.2 Å². The minimum atomic E-state index is -0.588. The highest BCUT2D eigenvalue weighted by Crippen LogP contribution is 2.46. The summed E-state index contributed by atoms with van der Waals surface area (Å²) in [7, 11) is 2.86. The summed E-state index contributed by atoms with van der Waals surface area (Å²) in [5, 5.41) is 5.35. The van der Waals surface area contributed by atoms with Crippen LogP contribution in [0.3, 0.4) is 0 Å². The number of methoxy groups -OCH3 is 2. The smallest absolute Gasteiger partial charge is 0.337 e. The maximum atomic E-state index is 13.5. The first-order valence-corrected chi connectivity index (χ1v) is 11.9. The number of ketones is 1. The van der Waals surface area contributed by atoms with Gasteiger partial charge in [0.05, 0.1) is 24.9 Å². The van der Waals surface area contributed by atoms with Crippen LogP contribution >= 0.6 is 11.3 Å². The molecule has 1 N–H and O–H groups in total. The molecule has 1 aliphatic carbocycles. The molecule has 0 amide bonds. The number of benzene rings is 1. The van der Waals surface area contributed by atoms with E-state index in [1.807, 2.05) is 18.4 Å². The van der Waals surface area contributed by atoms with Crippen molar-refractivity contribution in [3.8, 4) is 0 Å². The number of ether oxygens (including phenoxy) is 3. The molecule has 0 bridgehead atoms. The van der Waals surface area contributed by atoms with Crippen molar-refractivity contribution in [2.75, 3.05) is 27.4 Å². The van der Waals surface area contributed by atoms with Crippen molar-refractivity contribution < 1.29 is 28.6 Å². The van der Waals surface area contributed by atoms with Crippen LogP contribution in [-0.4, -0.2) is 45.2 Å². The number of allylic oxidation sites excluding steroid dienone is 3. The summed E-state index contributed by atoms with van der Waals surface area (Å²) in [5.74, 6) is -1.43. The van der Waals surface area contributed by atoms with Crippen molar-refractivity contribution in [3.05, 3.63) is 80.3 Å². The highest BCUT2D eigenvalue weighted by atomic mass is 32.1. The third-order valence-electron chi connectivity index (χ3n) is 6.18. The first-order chi connectivity index (χ1) is 16.4. The second kappa shape index (κ2) is 10.4. The number of carbonyl (C=O) groups excluding carboxylic acids is 3. The van der Waals surface area contributed by atoms with Crippen LogP contribution in [-0.2, 0) is 23.8 Å². The Morgan fingerprint density at radius 3 is 2.47 bits per heavy atom. The lowest BCUT2D eigenvalue weighted by molar-refractivity contribution is -0.140. The SMILES string of the molecule is COCCOC(=O)C1=C(C)NC2=C(C(=O)C[C@H](c3cccs3)C2)[C@H]1c1ccc(C(=O)OC)cc1. The maximum absolute atomic E-state index is 13.5. The summed E-state index contributed by atoms with van der Waals surface area (Å²) in [5.41, 5.74) is 3.60. The Balaban J connectivity index is 1.75. The molecule has 0 fully saturated rings. The van der Waals surface area contributed by atoms with Crippen LogP contribution in [0.15, 0.2) is 64.3 Å². The van der Waals surface area contributed by atoms with Crippen molar-refractivity contribution in [1.29, 1.82) is 0 Å². The van der Waals surface area contributed by atoms with Gasteiger partial charge in [-0.1, -0.05) is 18.2 Å². The predicted octanol–water partition coefficient (Wildman–Crippen LogP) is 4.09. The summed E-state index contributed by atoms with van der Waals surface area (Å²) < 4.78 is 15.2. The zero-order chi connectivity index (χ0) is 24.2. The van der Waals surface area contributed by atoms with Crippen molar-refractivity contribution in [3.63, 3.8) is 0 Å². The Hall–Kier alpha value is -3.23. The van der Waals surface area contributed by atoms with E-state index < -0.39 is 17.9 Å². The number of hydrogen-bond acceptors (Lipinski definition) is 8. The Morgan fingerprint density at radius 1 is 1.06 bits per heavy atom. The van der Waals surface area contributed by atoms with Crippen molar-refractivity contribution in [2.45, 2.75) is 31.6 Å². The van der Waals surface area contributed by atoms with Crippen LogP contribution in [0.1, 0.15) is 52.4 Å². The number of dihydropyridines is 1. The zero-order valence-corrected chi connectivity index (χ0v) is 20.2. The second-order valence-corrected chi connectivity index (χ2v) is 9.25. The lowest BCUT2D eigenvalue weighted by Gasteiger charge is -2.36. The van der Waals surface area contributed by atoms with Gasteiger partial charge in [0.2, 0.25) is 0 Å². The second-order valence-electron chi connectivity index (χ2n) is 8.27. The van der Waals surface area contributed by atoms with E-state index in [-0.39, 0.29) is 24.9 Å². The molecule has 34 heavy (non-hydrogen) atoms. The van der Waals surface area contributed by atoms with Gasteiger partial charge in [-0.2, -0.15) is 0 Å². The summed E-state index contributed by atoms with van der Waals surface area (Å²) >= 11 is 1.65. The fraction of sp³-hybridized carbons (Fsp3) is 0.346. The number of Topliss-reactive ketones (excluding diaryl/α,β-unsaturated/α-hetero) is 1. The molecule has 0 saturated heterocycles. The molecule has 2 atom stereocenters. The highest BCUT2D eigenvalue weighted by Gasteiger charge is 2.41. The quantitative estimate of drug-likeness (QED) is 0.471. The molecule has 0 spiro atoms. The maximum Gasteiger partial charge on any atom is 0.337 e. The number of hydrogen-bond donors (Lipinski definition) is 1. The summed E-state index contributed by atoms with van der Waals surface area (Å²) in [6, 6.07) is 10.9. The molecule has 4 rings (SSSR count). The topological polar surface area (TPSA) is 90.9 Å². The third-order valence-corrected chi connectivity index (χ3v) is 7.21. The molecule has 178 valence electrons. The number of esters is 2. The van der Waals surface area contributed by atoms with E-state index >= 15 is 0 Å². The van der Waals surface area contributed by atoms with Gasteiger partial charge in [0.15, 0.2) is 5.78 Å². The molecule has 2 aromatic rings. The molecule has 2 heterocycles. The number of carbonyl (C=O) groups is 3. The molecule has 8 heteroatoms. The third kappa shape index (κ3) is 4.69. The molecule has 0 radical (unpaired) electrons. The van der Waals surface area contributed by atoms with Crippen molar-refractivity contribution in [1.82, 2.24) is 5.32 Å². The van der Waals surface area contributed by atoms with E-state index in [1.54, 1.807) is 35.6 Å². The van der Waals surface area contributed by atoms with Gasteiger partial charge in [-0.3, -0.25) is 4.79 Å². The molecular weight excluding hydrogens is 454 g/mol. The fourth-order valence-corrected chi connectivity index (χ4v) is 5.42. The van der Waals surface area contributed by atoms with Crippen LogP contribution in [0.5, 0.6) is 0 Å². The van der Waals surface area contributed by atoms with Crippen molar-refractivity contribution >= 4 is 29.1 Å². The normalized spacial score (nSPS) is 20.0. The van der Waals surface area contributed by atoms with E-state index in [0.29, 0.717) is 35.2 Å². The first kappa shape index (κ1) is 23.9. The highest BCUT2D eigenvalue weighted by molar-refractivity contribution is 7.10. The fourth-order valence-electron chi connectivity index (χ4n) is 4.59. The average molecular weight is 482 g/mol. The van der Waals surface area contributed by atoms with Gasteiger partial charge in [-0.15, -0.1) is 11.3 Å². The first-order valence-electron chi connectivity index (χ1n) is 11.1. The van der Waals surface area contributed by atoms with Crippen LogP contribution < -0.4 is 5.32 Å². The minimum Gasteiger partial charge on any atom is -0.465 e. The van der Waals surface area contributed by atoms with Crippen LogP contribution in [0.25, 0.3) is 0 Å². The minimum absolute atomic E-state index is 0.00360. The number of rotatable bonds is 7. The van der Waals surface area contributed by atoms with Crippen LogP contribution in [0.2, 0.25) is 0 Å². The monoisotopic (exact) mass is 481 g/mol. The summed E-state index contributed by atoms with van der Waals surface area (Å²) in [6.45, 7) is 2.21. The molecule has 1 aromatic heterocycles. The molecule has 1 aliphatic heterocycles. The van der Waals surface area contributed by atoms with Gasteiger partial charge in [-0.05, 0) is 42.5 Å². The number of thiophene rings is 1. The average Bonchev–Trinajstić information content (AvgIpc) is 3.38. The van der Waals surface area contributed by atoms with E-state index in [2.05, 4.69) is 11.4 Å². The molecule has 1 aromatic carbocycles. The zero-order valence-electron chi connectivity index (χ0n) is 19.4. The summed E-state index contributed by atoms with van der Waals surface area (Å²) in [6.07, 6.45) is 1.06. The Morgan fingerprint density at radius 2 is 1.82 bits per heavy atom. The van der Waals surface area contributed by atoms with E-state index in [0.717, 1.165) is 11.3 Å². The lowest BCUT2D eigenvalue weighted by atomic mass is 9.72. The lowest BCUT2D eigenvalue weighted by Crippen LogP contribution is -2.36. The van der Waals surface area contributed by atoms with Gasteiger partial charge < -0.3 is 19.5 Å². The molecule has 7 nitrogen and oxygen atoms in total. The van der Waals surface area contributed by atoms with Crippen molar-refractivity contribution in [2.24, 2.45) is 0 Å². The van der Waals surface area contributed by atoms with Crippen LogP contribution in [0.4, 0.5) is 0 Å². The molecule has 2 aliphatic rings. The van der Waals surface area contributed by atoms with Gasteiger partial charge in [0.25, 0.3) is 0 Å². The molecule has 0 unspecified atom stereocenters. The van der Waals surface area contributed by atoms with Gasteiger partial charge in [0.1, 0.15) is 6.61 Å². The van der Waals surface area contributed by atoms with E-state index in [9.17, 15) is 14.4 Å². The Bertz CT molecular complexity index is 1150. The summed E-state index contributed by atoms with van der Waals surface area (Å²) in [4.78, 5) is 39.7. The Labute approximate surface area is 202 Å². The molecular formula is C26H27NO6S. The number of nitrogens with one attached hydrogen (secondary N) is 1. The molecule has 0 saturated carbocycles. The van der Waals surface area contributed by atoms with Gasteiger partial charge in [-0.25, -0.2) is 9.59 Å². The van der Waals surface area contributed by atoms with Crippen LogP contribution in [0, 0.1) is 0 Å². The largest absolute Gasteiger partial charge is 0.465 e. The van der Waals surface area contributed by atoms with Gasteiger partial charge >= 0.3 is 11.9 Å². The van der Waals surface area contributed by atoms with E-state index in [1.165, 1.54) is 19.1 Å².